The number of phenolic OH excluding ortho intramolecular Hbond substituents is 1. The Hall–Kier alpha value is -2.42. The predicted octanol–water partition coefficient (Wildman–Crippen LogP) is 4.93. The molecule has 0 spiro atoms. The standard InChI is InChI=1S/C27H45N3O5S/c1-9-10-11-15-28-24(32)23(20-12-13-22(31)19(4)17-20)30(18(2)3)25(33)21(14-16-36-8)29-26(34)35-27(5,6)7/h12-13,17-18,21,23,31H,9-11,14-16H2,1-8H3,(H,28,32)(H,29,34). The predicted molar refractivity (Wildman–Crippen MR) is 146 cm³/mol. The average molecular weight is 524 g/mol. The highest BCUT2D eigenvalue weighted by Gasteiger charge is 2.37. The summed E-state index contributed by atoms with van der Waals surface area (Å²) in [6.07, 6.45) is 4.51. The number of carbonyl (C=O) groups is 3. The molecule has 0 aromatic heterocycles. The zero-order valence-electron chi connectivity index (χ0n) is 23.1. The Morgan fingerprint density at radius 2 is 1.83 bits per heavy atom. The molecule has 0 aliphatic heterocycles. The summed E-state index contributed by atoms with van der Waals surface area (Å²) in [5.41, 5.74) is 0.499. The van der Waals surface area contributed by atoms with Crippen molar-refractivity contribution in [2.75, 3.05) is 18.6 Å². The Morgan fingerprint density at radius 1 is 1.17 bits per heavy atom. The van der Waals surface area contributed by atoms with Gasteiger partial charge in [-0.1, -0.05) is 25.8 Å². The molecular weight excluding hydrogens is 478 g/mol. The number of aryl methyl sites for hydroxylation is 1. The Bertz CT molecular complexity index is 869. The molecular formula is C27H45N3O5S. The number of nitrogens with one attached hydrogen (secondary N) is 2. The summed E-state index contributed by atoms with van der Waals surface area (Å²) in [4.78, 5) is 41.6. The molecule has 0 heterocycles. The van der Waals surface area contributed by atoms with Crippen LogP contribution < -0.4 is 10.6 Å². The second kappa shape index (κ2) is 15.0. The monoisotopic (exact) mass is 523 g/mol. The number of benzene rings is 1. The van der Waals surface area contributed by atoms with Gasteiger partial charge in [0.15, 0.2) is 0 Å². The largest absolute Gasteiger partial charge is 0.508 e. The number of nitrogens with zero attached hydrogens (tertiary/aromatic N) is 1. The molecule has 9 heteroatoms. The van der Waals surface area contributed by atoms with Gasteiger partial charge in [-0.3, -0.25) is 9.59 Å². The van der Waals surface area contributed by atoms with E-state index in [0.717, 1.165) is 19.3 Å². The van der Waals surface area contributed by atoms with Gasteiger partial charge >= 0.3 is 6.09 Å². The lowest BCUT2D eigenvalue weighted by Crippen LogP contribution is -2.55. The molecule has 8 nitrogen and oxygen atoms in total. The molecule has 36 heavy (non-hydrogen) atoms. The quantitative estimate of drug-likeness (QED) is 0.316. The van der Waals surface area contributed by atoms with Crippen LogP contribution in [0.15, 0.2) is 18.2 Å². The van der Waals surface area contributed by atoms with E-state index < -0.39 is 23.8 Å². The van der Waals surface area contributed by atoms with Crippen molar-refractivity contribution in [3.05, 3.63) is 29.3 Å². The number of unbranched alkanes of at least 4 members (excludes halogenated alkanes) is 2. The highest BCUT2D eigenvalue weighted by Crippen LogP contribution is 2.29. The minimum Gasteiger partial charge on any atom is -0.508 e. The molecule has 3 amide bonds. The minimum atomic E-state index is -0.921. The van der Waals surface area contributed by atoms with E-state index in [1.807, 2.05) is 20.1 Å². The number of phenols is 1. The number of ether oxygens (including phenoxy) is 1. The smallest absolute Gasteiger partial charge is 0.408 e. The Morgan fingerprint density at radius 3 is 2.36 bits per heavy atom. The molecule has 3 N–H and O–H groups in total. The first-order valence-corrected chi connectivity index (χ1v) is 14.1. The van der Waals surface area contributed by atoms with Crippen molar-refractivity contribution in [3.8, 4) is 5.75 Å². The van der Waals surface area contributed by atoms with E-state index in [2.05, 4.69) is 17.6 Å². The van der Waals surface area contributed by atoms with Crippen LogP contribution in [-0.4, -0.2) is 64.2 Å². The van der Waals surface area contributed by atoms with Crippen molar-refractivity contribution in [2.45, 2.75) is 97.9 Å². The number of amides is 3. The van der Waals surface area contributed by atoms with Crippen LogP contribution in [0, 0.1) is 6.92 Å². The van der Waals surface area contributed by atoms with Crippen molar-refractivity contribution < 1.29 is 24.2 Å². The summed E-state index contributed by atoms with van der Waals surface area (Å²) in [6.45, 7) is 13.3. The van der Waals surface area contributed by atoms with E-state index in [1.54, 1.807) is 51.6 Å². The lowest BCUT2D eigenvalue weighted by atomic mass is 9.98. The topological polar surface area (TPSA) is 108 Å². The lowest BCUT2D eigenvalue weighted by Gasteiger charge is -2.37. The maximum atomic E-state index is 14.0. The first-order valence-electron chi connectivity index (χ1n) is 12.7. The molecule has 0 fully saturated rings. The van der Waals surface area contributed by atoms with E-state index >= 15 is 0 Å². The number of thioether (sulfide) groups is 1. The first kappa shape index (κ1) is 31.6. The number of hydrogen-bond donors (Lipinski definition) is 3. The van der Waals surface area contributed by atoms with Gasteiger partial charge in [0.2, 0.25) is 11.8 Å². The Labute approximate surface area is 220 Å². The molecule has 2 unspecified atom stereocenters. The van der Waals surface area contributed by atoms with Crippen molar-refractivity contribution in [3.63, 3.8) is 0 Å². The van der Waals surface area contributed by atoms with Crippen LogP contribution in [0.4, 0.5) is 4.79 Å². The van der Waals surface area contributed by atoms with Gasteiger partial charge in [-0.25, -0.2) is 4.79 Å². The van der Waals surface area contributed by atoms with E-state index in [4.69, 9.17) is 4.74 Å². The summed E-state index contributed by atoms with van der Waals surface area (Å²) in [5, 5.41) is 15.8. The number of aromatic hydroxyl groups is 1. The molecule has 0 saturated heterocycles. The molecule has 204 valence electrons. The van der Waals surface area contributed by atoms with Crippen molar-refractivity contribution >= 4 is 29.7 Å². The van der Waals surface area contributed by atoms with Crippen molar-refractivity contribution in [1.29, 1.82) is 0 Å². The number of hydrogen-bond acceptors (Lipinski definition) is 6. The molecule has 0 radical (unpaired) electrons. The zero-order valence-corrected chi connectivity index (χ0v) is 24.0. The third-order valence-corrected chi connectivity index (χ3v) is 6.20. The Kier molecular flexibility index (Phi) is 13.1. The Balaban J connectivity index is 3.40. The summed E-state index contributed by atoms with van der Waals surface area (Å²) in [5.74, 6) is 0.112. The van der Waals surface area contributed by atoms with Gasteiger partial charge in [0.25, 0.3) is 0 Å². The van der Waals surface area contributed by atoms with E-state index in [0.29, 0.717) is 29.8 Å². The highest BCUT2D eigenvalue weighted by atomic mass is 32.2. The number of alkyl carbamates (subject to hydrolysis) is 1. The van der Waals surface area contributed by atoms with E-state index in [9.17, 15) is 19.5 Å². The first-order chi connectivity index (χ1) is 16.8. The minimum absolute atomic E-state index is 0.118. The van der Waals surface area contributed by atoms with Crippen LogP contribution in [0.5, 0.6) is 5.75 Å². The van der Waals surface area contributed by atoms with Crippen molar-refractivity contribution in [2.24, 2.45) is 0 Å². The van der Waals surface area contributed by atoms with Gasteiger partial charge in [0, 0.05) is 12.6 Å². The van der Waals surface area contributed by atoms with Crippen molar-refractivity contribution in [1.82, 2.24) is 15.5 Å². The molecule has 1 aromatic rings. The molecule has 0 aliphatic rings. The SMILES string of the molecule is CCCCCNC(=O)C(c1ccc(O)c(C)c1)N(C(=O)C(CCSC)NC(=O)OC(C)(C)C)C(C)C. The summed E-state index contributed by atoms with van der Waals surface area (Å²) in [6, 6.07) is 2.82. The fraction of sp³-hybridized carbons (Fsp3) is 0.667. The van der Waals surface area contributed by atoms with Crippen LogP contribution in [0.25, 0.3) is 0 Å². The normalized spacial score (nSPS) is 13.1. The maximum Gasteiger partial charge on any atom is 0.408 e. The van der Waals surface area contributed by atoms with Crippen LogP contribution in [0.1, 0.15) is 84.4 Å². The summed E-state index contributed by atoms with van der Waals surface area (Å²) < 4.78 is 5.40. The molecule has 1 aromatic carbocycles. The third-order valence-electron chi connectivity index (χ3n) is 5.55. The molecule has 0 bridgehead atoms. The fourth-order valence-corrected chi connectivity index (χ4v) is 4.24. The van der Waals surface area contributed by atoms with Crippen LogP contribution in [0.3, 0.4) is 0 Å². The van der Waals surface area contributed by atoms with Gasteiger partial charge < -0.3 is 25.4 Å². The summed E-state index contributed by atoms with van der Waals surface area (Å²) in [7, 11) is 0. The van der Waals surface area contributed by atoms with E-state index in [1.165, 1.54) is 11.0 Å². The number of rotatable bonds is 13. The lowest BCUT2D eigenvalue weighted by molar-refractivity contribution is -0.144. The second-order valence-electron chi connectivity index (χ2n) is 10.3. The molecule has 0 aliphatic carbocycles. The third kappa shape index (κ3) is 10.3. The number of carbonyl (C=O) groups excluding carboxylic acids is 3. The maximum absolute atomic E-state index is 14.0. The van der Waals surface area contributed by atoms with Gasteiger partial charge in [-0.2, -0.15) is 11.8 Å². The fourth-order valence-electron chi connectivity index (χ4n) is 3.77. The second-order valence-corrected chi connectivity index (χ2v) is 11.3. The van der Waals surface area contributed by atoms with Gasteiger partial charge in [0.05, 0.1) is 0 Å². The molecule has 1 rings (SSSR count). The van der Waals surface area contributed by atoms with Gasteiger partial charge in [0.1, 0.15) is 23.4 Å². The molecule has 2 atom stereocenters. The van der Waals surface area contributed by atoms with E-state index in [-0.39, 0.29) is 23.6 Å². The van der Waals surface area contributed by atoms with Crippen LogP contribution in [-0.2, 0) is 14.3 Å². The van der Waals surface area contributed by atoms with Crippen LogP contribution in [0.2, 0.25) is 0 Å². The van der Waals surface area contributed by atoms with Crippen LogP contribution >= 0.6 is 11.8 Å². The highest BCUT2D eigenvalue weighted by molar-refractivity contribution is 7.98. The average Bonchev–Trinajstić information content (AvgIpc) is 2.77. The molecule has 0 saturated carbocycles. The zero-order chi connectivity index (χ0) is 27.5. The van der Waals surface area contributed by atoms with Gasteiger partial charge in [-0.15, -0.1) is 0 Å². The van der Waals surface area contributed by atoms with Gasteiger partial charge in [-0.05, 0) is 89.7 Å². The summed E-state index contributed by atoms with van der Waals surface area (Å²) >= 11 is 1.57.